The Morgan fingerprint density at radius 2 is 2.21 bits per heavy atom. The van der Waals surface area contributed by atoms with E-state index in [4.69, 9.17) is 5.73 Å². The van der Waals surface area contributed by atoms with Crippen LogP contribution in [0.1, 0.15) is 38.5 Å². The molecular formula is C10H16N2O2. The molecule has 0 aromatic carbocycles. The van der Waals surface area contributed by atoms with Gasteiger partial charge in [-0.2, -0.15) is 0 Å². The van der Waals surface area contributed by atoms with E-state index in [9.17, 15) is 9.59 Å². The first kappa shape index (κ1) is 9.49. The van der Waals surface area contributed by atoms with E-state index in [1.165, 1.54) is 0 Å². The Kier molecular flexibility index (Phi) is 2.21. The molecule has 2 rings (SSSR count). The first-order valence-electron chi connectivity index (χ1n) is 5.24. The molecule has 1 saturated heterocycles. The van der Waals surface area contributed by atoms with E-state index in [0.29, 0.717) is 12.8 Å². The van der Waals surface area contributed by atoms with Gasteiger partial charge >= 0.3 is 0 Å². The van der Waals surface area contributed by atoms with Crippen molar-refractivity contribution in [1.29, 1.82) is 0 Å². The molecule has 4 nitrogen and oxygen atoms in total. The zero-order chi connectivity index (χ0) is 10.2. The summed E-state index contributed by atoms with van der Waals surface area (Å²) in [6.07, 6.45) is 4.95. The van der Waals surface area contributed by atoms with Crippen LogP contribution in [0.4, 0.5) is 0 Å². The van der Waals surface area contributed by atoms with Gasteiger partial charge in [0.05, 0.1) is 5.41 Å². The van der Waals surface area contributed by atoms with E-state index in [-0.39, 0.29) is 17.9 Å². The van der Waals surface area contributed by atoms with Gasteiger partial charge in [-0.25, -0.2) is 0 Å². The van der Waals surface area contributed by atoms with Crippen LogP contribution >= 0.6 is 0 Å². The van der Waals surface area contributed by atoms with Crippen molar-refractivity contribution in [2.24, 2.45) is 11.1 Å². The van der Waals surface area contributed by atoms with E-state index in [1.807, 2.05) is 0 Å². The van der Waals surface area contributed by atoms with Crippen molar-refractivity contribution in [3.63, 3.8) is 0 Å². The summed E-state index contributed by atoms with van der Waals surface area (Å²) in [7, 11) is 0. The van der Waals surface area contributed by atoms with Crippen molar-refractivity contribution in [1.82, 2.24) is 5.32 Å². The zero-order valence-corrected chi connectivity index (χ0v) is 8.21. The molecule has 2 atom stereocenters. The molecule has 2 amide bonds. The maximum absolute atomic E-state index is 11.5. The lowest BCUT2D eigenvalue weighted by Gasteiger charge is -2.45. The number of hydrogen-bond acceptors (Lipinski definition) is 2. The van der Waals surface area contributed by atoms with Crippen LogP contribution in [-0.2, 0) is 9.59 Å². The van der Waals surface area contributed by atoms with Gasteiger partial charge < -0.3 is 11.1 Å². The zero-order valence-electron chi connectivity index (χ0n) is 8.21. The second-order valence-electron chi connectivity index (χ2n) is 4.39. The van der Waals surface area contributed by atoms with E-state index in [1.54, 1.807) is 0 Å². The monoisotopic (exact) mass is 196 g/mol. The Balaban J connectivity index is 2.24. The van der Waals surface area contributed by atoms with E-state index < -0.39 is 5.41 Å². The molecule has 2 fully saturated rings. The third kappa shape index (κ3) is 1.29. The van der Waals surface area contributed by atoms with Crippen LogP contribution in [0.3, 0.4) is 0 Å². The minimum absolute atomic E-state index is 0.00463. The summed E-state index contributed by atoms with van der Waals surface area (Å²) in [6.45, 7) is 0. The first-order valence-corrected chi connectivity index (χ1v) is 5.24. The fourth-order valence-corrected chi connectivity index (χ4v) is 2.77. The summed E-state index contributed by atoms with van der Waals surface area (Å²) in [5.74, 6) is -0.170. The first-order chi connectivity index (χ1) is 6.65. The van der Waals surface area contributed by atoms with Crippen LogP contribution in [-0.4, -0.2) is 17.9 Å². The number of amides is 2. The molecule has 1 saturated carbocycles. The van der Waals surface area contributed by atoms with Crippen molar-refractivity contribution in [3.8, 4) is 0 Å². The van der Waals surface area contributed by atoms with E-state index in [2.05, 4.69) is 5.32 Å². The highest BCUT2D eigenvalue weighted by Crippen LogP contribution is 2.42. The molecular weight excluding hydrogens is 180 g/mol. The normalized spacial score (nSPS) is 37.1. The summed E-state index contributed by atoms with van der Waals surface area (Å²) in [6, 6.07) is -0.00463. The number of primary amides is 1. The second-order valence-corrected chi connectivity index (χ2v) is 4.39. The van der Waals surface area contributed by atoms with Crippen LogP contribution in [0, 0.1) is 5.41 Å². The molecule has 0 bridgehead atoms. The van der Waals surface area contributed by atoms with Crippen molar-refractivity contribution >= 4 is 11.8 Å². The minimum atomic E-state index is -0.438. The maximum atomic E-state index is 11.5. The number of hydrogen-bond donors (Lipinski definition) is 2. The number of carbonyl (C=O) groups excluding carboxylic acids is 2. The molecule has 1 heterocycles. The van der Waals surface area contributed by atoms with Crippen LogP contribution < -0.4 is 11.1 Å². The standard InChI is InChI=1S/C10H16N2O2/c11-9(14)10-5-2-1-3-7(10)12-8(13)4-6-10/h7H,1-6H2,(H2,11,14)(H,12,13). The predicted octanol–water partition coefficient (Wildman–Crippen LogP) is 0.311. The lowest BCUT2D eigenvalue weighted by molar-refractivity contribution is -0.138. The topological polar surface area (TPSA) is 72.2 Å². The quantitative estimate of drug-likeness (QED) is 0.633. The third-order valence-electron chi connectivity index (χ3n) is 3.66. The van der Waals surface area contributed by atoms with Gasteiger partial charge in [0, 0.05) is 12.5 Å². The molecule has 78 valence electrons. The fourth-order valence-electron chi connectivity index (χ4n) is 2.77. The largest absolute Gasteiger partial charge is 0.369 e. The Hall–Kier alpha value is -1.06. The van der Waals surface area contributed by atoms with Gasteiger partial charge in [-0.15, -0.1) is 0 Å². The average molecular weight is 196 g/mol. The highest BCUT2D eigenvalue weighted by molar-refractivity contribution is 5.86. The summed E-state index contributed by atoms with van der Waals surface area (Å²) in [5, 5.41) is 2.90. The number of fused-ring (bicyclic) bond motifs is 1. The van der Waals surface area contributed by atoms with Crippen molar-refractivity contribution in [2.45, 2.75) is 44.6 Å². The lowest BCUT2D eigenvalue weighted by atomic mass is 9.65. The molecule has 0 aromatic heterocycles. The average Bonchev–Trinajstić information content (AvgIpc) is 2.17. The predicted molar refractivity (Wildman–Crippen MR) is 51.3 cm³/mol. The van der Waals surface area contributed by atoms with E-state index in [0.717, 1.165) is 25.7 Å². The Morgan fingerprint density at radius 3 is 2.93 bits per heavy atom. The molecule has 2 unspecified atom stereocenters. The van der Waals surface area contributed by atoms with Crippen LogP contribution in [0.25, 0.3) is 0 Å². The van der Waals surface area contributed by atoms with Gasteiger partial charge in [0.1, 0.15) is 0 Å². The minimum Gasteiger partial charge on any atom is -0.369 e. The molecule has 0 spiro atoms. The summed E-state index contributed by atoms with van der Waals surface area (Å²) in [4.78, 5) is 22.7. The van der Waals surface area contributed by atoms with Gasteiger partial charge in [-0.3, -0.25) is 9.59 Å². The number of carbonyl (C=O) groups is 2. The third-order valence-corrected chi connectivity index (χ3v) is 3.66. The molecule has 2 aliphatic rings. The molecule has 14 heavy (non-hydrogen) atoms. The van der Waals surface area contributed by atoms with Crippen LogP contribution in [0.5, 0.6) is 0 Å². The molecule has 4 heteroatoms. The molecule has 0 aromatic rings. The number of nitrogens with one attached hydrogen (secondary N) is 1. The maximum Gasteiger partial charge on any atom is 0.225 e. The van der Waals surface area contributed by atoms with Crippen LogP contribution in [0.2, 0.25) is 0 Å². The van der Waals surface area contributed by atoms with Crippen molar-refractivity contribution in [3.05, 3.63) is 0 Å². The van der Waals surface area contributed by atoms with Crippen molar-refractivity contribution < 1.29 is 9.59 Å². The number of piperidine rings is 1. The number of rotatable bonds is 1. The van der Waals surface area contributed by atoms with Crippen molar-refractivity contribution in [2.75, 3.05) is 0 Å². The molecule has 1 aliphatic carbocycles. The number of nitrogens with two attached hydrogens (primary N) is 1. The summed E-state index contributed by atoms with van der Waals surface area (Å²) >= 11 is 0. The smallest absolute Gasteiger partial charge is 0.225 e. The van der Waals surface area contributed by atoms with Gasteiger partial charge in [0.15, 0.2) is 0 Å². The lowest BCUT2D eigenvalue weighted by Crippen LogP contribution is -2.59. The molecule has 3 N–H and O–H groups in total. The Morgan fingerprint density at radius 1 is 1.43 bits per heavy atom. The highest BCUT2D eigenvalue weighted by atomic mass is 16.2. The molecule has 1 aliphatic heterocycles. The van der Waals surface area contributed by atoms with E-state index >= 15 is 0 Å². The summed E-state index contributed by atoms with van der Waals surface area (Å²) < 4.78 is 0. The fraction of sp³-hybridized carbons (Fsp3) is 0.800. The molecule has 0 radical (unpaired) electrons. The highest BCUT2D eigenvalue weighted by Gasteiger charge is 2.48. The van der Waals surface area contributed by atoms with Gasteiger partial charge in [-0.1, -0.05) is 12.8 Å². The summed E-state index contributed by atoms with van der Waals surface area (Å²) in [5.41, 5.74) is 5.03. The second kappa shape index (κ2) is 3.26. The van der Waals surface area contributed by atoms with Gasteiger partial charge in [0.2, 0.25) is 11.8 Å². The van der Waals surface area contributed by atoms with Crippen LogP contribution in [0.15, 0.2) is 0 Å². The van der Waals surface area contributed by atoms with Gasteiger partial charge in [0.25, 0.3) is 0 Å². The Labute approximate surface area is 83.2 Å². The Bertz CT molecular complexity index is 277. The van der Waals surface area contributed by atoms with Gasteiger partial charge in [-0.05, 0) is 19.3 Å². The SMILES string of the molecule is NC(=O)C12CCCCC1NC(=O)CC2.